The average molecular weight is 523 g/mol. The molecule has 0 saturated carbocycles. The normalized spacial score (nSPS) is 11.1. The van der Waals surface area contributed by atoms with Gasteiger partial charge in [0.2, 0.25) is 17.6 Å². The largest absolute Gasteiger partial charge is 0.493 e. The van der Waals surface area contributed by atoms with Crippen LogP contribution in [-0.4, -0.2) is 38.7 Å². The molecule has 0 aliphatic rings. The van der Waals surface area contributed by atoms with Crippen molar-refractivity contribution < 1.29 is 27.2 Å². The second-order valence-electron chi connectivity index (χ2n) is 8.13. The Labute approximate surface area is 214 Å². The second-order valence-corrected chi connectivity index (χ2v) is 9.81. The van der Waals surface area contributed by atoms with Crippen LogP contribution in [0.5, 0.6) is 11.5 Å². The van der Waals surface area contributed by atoms with Gasteiger partial charge in [0, 0.05) is 29.8 Å². The summed E-state index contributed by atoms with van der Waals surface area (Å²) in [5.74, 6) is 1.52. The van der Waals surface area contributed by atoms with Crippen LogP contribution in [0.4, 0.5) is 11.4 Å². The van der Waals surface area contributed by atoms with Gasteiger partial charge in [-0.3, -0.25) is 9.52 Å². The number of methoxy groups -OCH3 is 2. The van der Waals surface area contributed by atoms with Crippen molar-refractivity contribution in [2.45, 2.75) is 24.7 Å². The van der Waals surface area contributed by atoms with Crippen LogP contribution in [0, 0.1) is 6.92 Å². The van der Waals surface area contributed by atoms with E-state index in [0.29, 0.717) is 40.2 Å². The fourth-order valence-electron chi connectivity index (χ4n) is 3.45. The van der Waals surface area contributed by atoms with Gasteiger partial charge in [-0.15, -0.1) is 0 Å². The van der Waals surface area contributed by atoms with Crippen molar-refractivity contribution in [1.82, 2.24) is 10.1 Å². The van der Waals surface area contributed by atoms with Gasteiger partial charge >= 0.3 is 0 Å². The SMILES string of the molecule is COc1ccc(-c2noc(CCC(=O)Nc3ccc(S(=O)(=O)Nc4ccc(C)cc4)cc3)n2)cc1OC. The highest BCUT2D eigenvalue weighted by Crippen LogP contribution is 2.31. The first-order valence-corrected chi connectivity index (χ1v) is 12.8. The van der Waals surface area contributed by atoms with Crippen molar-refractivity contribution in [3.05, 3.63) is 78.2 Å². The Balaban J connectivity index is 1.32. The molecule has 0 aliphatic carbocycles. The predicted octanol–water partition coefficient (Wildman–Crippen LogP) is 4.43. The van der Waals surface area contributed by atoms with E-state index in [9.17, 15) is 13.2 Å². The van der Waals surface area contributed by atoms with E-state index < -0.39 is 10.0 Å². The first-order valence-electron chi connectivity index (χ1n) is 11.3. The van der Waals surface area contributed by atoms with E-state index in [-0.39, 0.29) is 23.6 Å². The van der Waals surface area contributed by atoms with Gasteiger partial charge in [0.05, 0.1) is 19.1 Å². The van der Waals surface area contributed by atoms with Gasteiger partial charge in [-0.2, -0.15) is 4.98 Å². The number of anilines is 2. The molecule has 0 unspecified atom stereocenters. The van der Waals surface area contributed by atoms with Crippen LogP contribution in [0.3, 0.4) is 0 Å². The standard InChI is InChI=1S/C26H26N4O6S/c1-17-4-7-20(8-5-17)30-37(32,33)21-11-9-19(10-12-21)27-24(31)14-15-25-28-26(29-36-25)18-6-13-22(34-2)23(16-18)35-3/h4-13,16,30H,14-15H2,1-3H3,(H,27,31). The quantitative estimate of drug-likeness (QED) is 0.312. The number of amides is 1. The maximum atomic E-state index is 12.6. The van der Waals surface area contributed by atoms with Crippen LogP contribution in [0.1, 0.15) is 17.9 Å². The highest BCUT2D eigenvalue weighted by atomic mass is 32.2. The summed E-state index contributed by atoms with van der Waals surface area (Å²) in [5.41, 5.74) is 2.65. The Morgan fingerprint density at radius 1 is 0.919 bits per heavy atom. The van der Waals surface area contributed by atoms with Crippen molar-refractivity contribution in [3.63, 3.8) is 0 Å². The Morgan fingerprint density at radius 3 is 2.27 bits per heavy atom. The van der Waals surface area contributed by atoms with E-state index in [1.807, 2.05) is 19.1 Å². The van der Waals surface area contributed by atoms with Crippen molar-refractivity contribution >= 4 is 27.3 Å². The smallest absolute Gasteiger partial charge is 0.261 e. The average Bonchev–Trinajstić information content (AvgIpc) is 3.38. The van der Waals surface area contributed by atoms with E-state index >= 15 is 0 Å². The number of hydrogen-bond donors (Lipinski definition) is 2. The summed E-state index contributed by atoms with van der Waals surface area (Å²) in [5, 5.41) is 6.71. The zero-order valence-corrected chi connectivity index (χ0v) is 21.3. The van der Waals surface area contributed by atoms with Crippen LogP contribution >= 0.6 is 0 Å². The summed E-state index contributed by atoms with van der Waals surface area (Å²) < 4.78 is 43.6. The molecule has 4 rings (SSSR count). The number of rotatable bonds is 10. The fourth-order valence-corrected chi connectivity index (χ4v) is 4.50. The molecular formula is C26H26N4O6S. The zero-order chi connectivity index (χ0) is 26.4. The Bertz CT molecular complexity index is 1480. The third-order valence-electron chi connectivity index (χ3n) is 5.43. The molecular weight excluding hydrogens is 496 g/mol. The molecule has 10 nitrogen and oxygen atoms in total. The second kappa shape index (κ2) is 11.1. The maximum Gasteiger partial charge on any atom is 0.261 e. The van der Waals surface area contributed by atoms with E-state index in [1.54, 1.807) is 37.4 Å². The van der Waals surface area contributed by atoms with Crippen molar-refractivity contribution in [3.8, 4) is 22.9 Å². The van der Waals surface area contributed by atoms with E-state index in [2.05, 4.69) is 20.2 Å². The predicted molar refractivity (Wildman–Crippen MR) is 138 cm³/mol. The lowest BCUT2D eigenvalue weighted by Crippen LogP contribution is -2.14. The van der Waals surface area contributed by atoms with Gasteiger partial charge in [0.15, 0.2) is 11.5 Å². The molecule has 0 aliphatic heterocycles. The molecule has 1 aromatic heterocycles. The Kier molecular flexibility index (Phi) is 7.73. The number of nitrogens with one attached hydrogen (secondary N) is 2. The number of nitrogens with zero attached hydrogens (tertiary/aromatic N) is 2. The van der Waals surface area contributed by atoms with E-state index in [4.69, 9.17) is 14.0 Å². The van der Waals surface area contributed by atoms with E-state index in [1.165, 1.54) is 31.4 Å². The number of ether oxygens (including phenoxy) is 2. The topological polar surface area (TPSA) is 133 Å². The molecule has 1 heterocycles. The summed E-state index contributed by atoms with van der Waals surface area (Å²) >= 11 is 0. The first-order chi connectivity index (χ1) is 17.8. The minimum absolute atomic E-state index is 0.0830. The number of aryl methyl sites for hydroxylation is 2. The van der Waals surface area contributed by atoms with Crippen LogP contribution in [0.15, 0.2) is 76.1 Å². The highest BCUT2D eigenvalue weighted by molar-refractivity contribution is 7.92. The number of benzene rings is 3. The van der Waals surface area contributed by atoms with Crippen LogP contribution in [0.2, 0.25) is 0 Å². The number of sulfonamides is 1. The molecule has 0 atom stereocenters. The van der Waals surface area contributed by atoms with Crippen LogP contribution < -0.4 is 19.5 Å². The van der Waals surface area contributed by atoms with E-state index in [0.717, 1.165) is 5.56 Å². The lowest BCUT2D eigenvalue weighted by molar-refractivity contribution is -0.116. The lowest BCUT2D eigenvalue weighted by Gasteiger charge is -2.09. The first kappa shape index (κ1) is 25.7. The molecule has 4 aromatic rings. The van der Waals surface area contributed by atoms with Gasteiger partial charge in [0.25, 0.3) is 10.0 Å². The minimum Gasteiger partial charge on any atom is -0.493 e. The molecule has 0 bridgehead atoms. The van der Waals surface area contributed by atoms with Gasteiger partial charge in [-0.25, -0.2) is 8.42 Å². The summed E-state index contributed by atoms with van der Waals surface area (Å²) in [4.78, 5) is 16.8. The monoisotopic (exact) mass is 522 g/mol. The lowest BCUT2D eigenvalue weighted by atomic mass is 10.2. The number of hydrogen-bond acceptors (Lipinski definition) is 8. The van der Waals surface area contributed by atoms with Gasteiger partial charge in [-0.05, 0) is 61.5 Å². The Hall–Kier alpha value is -4.38. The fraction of sp³-hybridized carbons (Fsp3) is 0.192. The summed E-state index contributed by atoms with van der Waals surface area (Å²) in [6.45, 7) is 1.92. The van der Waals surface area contributed by atoms with Crippen LogP contribution in [-0.2, 0) is 21.2 Å². The Morgan fingerprint density at radius 2 is 1.59 bits per heavy atom. The summed E-state index contributed by atoms with van der Waals surface area (Å²) in [6, 6.07) is 18.2. The molecule has 2 N–H and O–H groups in total. The van der Waals surface area contributed by atoms with Gasteiger partial charge in [-0.1, -0.05) is 22.9 Å². The molecule has 0 fully saturated rings. The van der Waals surface area contributed by atoms with Crippen LogP contribution in [0.25, 0.3) is 11.4 Å². The maximum absolute atomic E-state index is 12.6. The molecule has 0 saturated heterocycles. The molecule has 1 amide bonds. The number of carbonyl (C=O) groups is 1. The van der Waals surface area contributed by atoms with Crippen molar-refractivity contribution in [2.75, 3.05) is 24.3 Å². The zero-order valence-electron chi connectivity index (χ0n) is 20.5. The molecule has 0 radical (unpaired) electrons. The molecule has 37 heavy (non-hydrogen) atoms. The summed E-state index contributed by atoms with van der Waals surface area (Å²) in [7, 11) is -0.663. The molecule has 0 spiro atoms. The minimum atomic E-state index is -3.75. The van der Waals surface area contributed by atoms with Gasteiger partial charge < -0.3 is 19.3 Å². The van der Waals surface area contributed by atoms with Crippen molar-refractivity contribution in [1.29, 1.82) is 0 Å². The van der Waals surface area contributed by atoms with Gasteiger partial charge in [0.1, 0.15) is 0 Å². The number of aromatic nitrogens is 2. The molecule has 11 heteroatoms. The summed E-state index contributed by atoms with van der Waals surface area (Å²) in [6.07, 6.45) is 0.335. The highest BCUT2D eigenvalue weighted by Gasteiger charge is 2.16. The molecule has 3 aromatic carbocycles. The molecule has 192 valence electrons. The number of carbonyl (C=O) groups excluding carboxylic acids is 1. The third kappa shape index (κ3) is 6.44. The third-order valence-corrected chi connectivity index (χ3v) is 6.83. The van der Waals surface area contributed by atoms with Crippen molar-refractivity contribution in [2.24, 2.45) is 0 Å².